The molecule has 2 aliphatic rings. The molecule has 1 saturated carbocycles. The molecule has 1 aromatic carbocycles. The highest BCUT2D eigenvalue weighted by molar-refractivity contribution is 5.88. The average Bonchev–Trinajstić information content (AvgIpc) is 3.18. The van der Waals surface area contributed by atoms with E-state index in [1.165, 1.54) is 6.33 Å². The Morgan fingerprint density at radius 1 is 1.19 bits per heavy atom. The molecule has 31 heavy (non-hydrogen) atoms. The van der Waals surface area contributed by atoms with Crippen molar-refractivity contribution < 1.29 is 22.6 Å². The van der Waals surface area contributed by atoms with Gasteiger partial charge in [-0.05, 0) is 18.6 Å². The number of aromatic amines is 1. The molecule has 10 heteroatoms. The first-order valence-corrected chi connectivity index (χ1v) is 9.85. The Morgan fingerprint density at radius 3 is 2.77 bits per heavy atom. The van der Waals surface area contributed by atoms with Crippen LogP contribution in [0, 0.1) is 6.57 Å². The standard InChI is InChI=1S/C21H18F3N5O2/c1-25-13-6-7-15(13)31-16-9-30-14-5-3-2-4-11(14)18(16)29-20-12-8-17(21(22,23)24)28-19(12)26-10-27-20/h2-5,8,10,13,15-16,18H,6-7,9H2,(H2,26,27,28,29)/t13?,15?,16-,18-/m0/s1. The quantitative estimate of drug-likeness (QED) is 0.603. The number of hydrogen-bond acceptors (Lipinski definition) is 5. The number of nitrogens with zero attached hydrogens (tertiary/aromatic N) is 3. The maximum atomic E-state index is 13.2. The number of fused-ring (bicyclic) bond motifs is 2. The van der Waals surface area contributed by atoms with Gasteiger partial charge in [-0.3, -0.25) is 0 Å². The maximum Gasteiger partial charge on any atom is 0.431 e. The van der Waals surface area contributed by atoms with Gasteiger partial charge in [0, 0.05) is 12.0 Å². The van der Waals surface area contributed by atoms with E-state index in [-0.39, 0.29) is 35.6 Å². The van der Waals surface area contributed by atoms with Crippen molar-refractivity contribution in [1.29, 1.82) is 0 Å². The molecule has 2 aromatic heterocycles. The minimum Gasteiger partial charge on any atom is -0.490 e. The molecule has 3 heterocycles. The van der Waals surface area contributed by atoms with Gasteiger partial charge >= 0.3 is 6.18 Å². The van der Waals surface area contributed by atoms with Crippen LogP contribution in [0.4, 0.5) is 19.0 Å². The number of aromatic nitrogens is 3. The van der Waals surface area contributed by atoms with Crippen LogP contribution in [0.25, 0.3) is 15.9 Å². The summed E-state index contributed by atoms with van der Waals surface area (Å²) in [6.45, 7) is 7.54. The van der Waals surface area contributed by atoms with E-state index < -0.39 is 24.0 Å². The van der Waals surface area contributed by atoms with Crippen LogP contribution in [-0.4, -0.2) is 39.8 Å². The fraction of sp³-hybridized carbons (Fsp3) is 0.381. The lowest BCUT2D eigenvalue weighted by Gasteiger charge is -2.38. The lowest BCUT2D eigenvalue weighted by molar-refractivity contribution is -0.140. The Labute approximate surface area is 175 Å². The third kappa shape index (κ3) is 3.55. The number of hydrogen-bond donors (Lipinski definition) is 2. The second kappa shape index (κ2) is 7.42. The molecule has 160 valence electrons. The second-order valence-electron chi connectivity index (χ2n) is 7.62. The summed E-state index contributed by atoms with van der Waals surface area (Å²) in [5.41, 5.74) is 0.0195. The number of alkyl halides is 3. The Balaban J connectivity index is 1.50. The molecule has 0 spiro atoms. The number of anilines is 1. The van der Waals surface area contributed by atoms with E-state index in [0.29, 0.717) is 5.75 Å². The van der Waals surface area contributed by atoms with Gasteiger partial charge < -0.3 is 24.6 Å². The smallest absolute Gasteiger partial charge is 0.431 e. The van der Waals surface area contributed by atoms with Crippen LogP contribution in [-0.2, 0) is 10.9 Å². The van der Waals surface area contributed by atoms with Crippen LogP contribution in [0.3, 0.4) is 0 Å². The van der Waals surface area contributed by atoms with Gasteiger partial charge in [0.05, 0.1) is 11.4 Å². The van der Waals surface area contributed by atoms with Gasteiger partial charge in [0.15, 0.2) is 0 Å². The van der Waals surface area contributed by atoms with E-state index >= 15 is 0 Å². The van der Waals surface area contributed by atoms with Crippen molar-refractivity contribution >= 4 is 16.9 Å². The topological polar surface area (TPSA) is 76.4 Å². The second-order valence-corrected chi connectivity index (χ2v) is 7.62. The van der Waals surface area contributed by atoms with Crippen LogP contribution >= 0.6 is 0 Å². The van der Waals surface area contributed by atoms with Gasteiger partial charge in [-0.2, -0.15) is 13.2 Å². The molecule has 1 aliphatic carbocycles. The van der Waals surface area contributed by atoms with E-state index in [1.807, 2.05) is 24.3 Å². The Hall–Kier alpha value is -3.32. The molecule has 0 saturated heterocycles. The van der Waals surface area contributed by atoms with E-state index in [1.54, 1.807) is 0 Å². The maximum absolute atomic E-state index is 13.2. The molecular formula is C21H18F3N5O2. The van der Waals surface area contributed by atoms with E-state index in [0.717, 1.165) is 24.5 Å². The number of ether oxygens (including phenoxy) is 2. The Kier molecular flexibility index (Phi) is 4.70. The lowest BCUT2D eigenvalue weighted by atomic mass is 9.89. The normalized spacial score (nSPS) is 25.2. The molecule has 2 N–H and O–H groups in total. The van der Waals surface area contributed by atoms with Gasteiger partial charge in [0.25, 0.3) is 0 Å². The molecule has 5 rings (SSSR count). The zero-order chi connectivity index (χ0) is 21.6. The van der Waals surface area contributed by atoms with Crippen molar-refractivity contribution in [2.75, 3.05) is 11.9 Å². The van der Waals surface area contributed by atoms with Crippen molar-refractivity contribution in [2.24, 2.45) is 0 Å². The fourth-order valence-electron chi connectivity index (χ4n) is 3.96. The summed E-state index contributed by atoms with van der Waals surface area (Å²) in [4.78, 5) is 14.0. The van der Waals surface area contributed by atoms with E-state index in [2.05, 4.69) is 25.1 Å². The lowest BCUT2D eigenvalue weighted by Crippen LogP contribution is -2.46. The van der Waals surface area contributed by atoms with Crippen LogP contribution in [0.1, 0.15) is 30.1 Å². The third-order valence-corrected chi connectivity index (χ3v) is 5.74. The monoisotopic (exact) mass is 429 g/mol. The molecule has 0 amide bonds. The highest BCUT2D eigenvalue weighted by Gasteiger charge is 2.42. The molecule has 2 unspecified atom stereocenters. The molecule has 0 bridgehead atoms. The summed E-state index contributed by atoms with van der Waals surface area (Å²) in [7, 11) is 0. The van der Waals surface area contributed by atoms with Gasteiger partial charge in [0.1, 0.15) is 48.1 Å². The fourth-order valence-corrected chi connectivity index (χ4v) is 3.96. The molecule has 1 fully saturated rings. The van der Waals surface area contributed by atoms with Crippen LogP contribution < -0.4 is 10.1 Å². The van der Waals surface area contributed by atoms with Crippen LogP contribution in [0.5, 0.6) is 5.75 Å². The van der Waals surface area contributed by atoms with Gasteiger partial charge in [-0.15, -0.1) is 0 Å². The van der Waals surface area contributed by atoms with Crippen molar-refractivity contribution in [2.45, 2.75) is 43.3 Å². The summed E-state index contributed by atoms with van der Waals surface area (Å²) in [5, 5.41) is 3.50. The van der Waals surface area contributed by atoms with Crippen molar-refractivity contribution in [3.63, 3.8) is 0 Å². The van der Waals surface area contributed by atoms with Crippen LogP contribution in [0.2, 0.25) is 0 Å². The first-order valence-electron chi connectivity index (χ1n) is 9.85. The van der Waals surface area contributed by atoms with Gasteiger partial charge in [0.2, 0.25) is 6.04 Å². The predicted molar refractivity (Wildman–Crippen MR) is 105 cm³/mol. The van der Waals surface area contributed by atoms with Gasteiger partial charge in [-0.25, -0.2) is 16.5 Å². The van der Waals surface area contributed by atoms with Crippen LogP contribution in [0.15, 0.2) is 36.7 Å². The molecule has 0 radical (unpaired) electrons. The number of rotatable bonds is 4. The predicted octanol–water partition coefficient (Wildman–Crippen LogP) is 4.36. The van der Waals surface area contributed by atoms with Crippen molar-refractivity contribution in [3.8, 4) is 5.75 Å². The SMILES string of the molecule is [C-]#[N+]C1CCC1O[C@H]1COc2ccccc2[C@@H]1Nc1ncnc2[nH]c(C(F)(F)F)cc12. The van der Waals surface area contributed by atoms with E-state index in [9.17, 15) is 13.2 Å². The van der Waals surface area contributed by atoms with Crippen molar-refractivity contribution in [3.05, 3.63) is 59.3 Å². The third-order valence-electron chi connectivity index (χ3n) is 5.74. The number of halogens is 3. The van der Waals surface area contributed by atoms with Gasteiger partial charge in [-0.1, -0.05) is 18.2 Å². The first-order chi connectivity index (χ1) is 14.9. The number of para-hydroxylation sites is 1. The average molecular weight is 429 g/mol. The Morgan fingerprint density at radius 2 is 2.03 bits per heavy atom. The zero-order valence-corrected chi connectivity index (χ0v) is 16.2. The summed E-state index contributed by atoms with van der Waals surface area (Å²) in [5.74, 6) is 0.938. The first kappa shape index (κ1) is 19.6. The Bertz CT molecular complexity index is 1160. The highest BCUT2D eigenvalue weighted by atomic mass is 19.4. The number of benzene rings is 1. The molecule has 1 aliphatic heterocycles. The summed E-state index contributed by atoms with van der Waals surface area (Å²) < 4.78 is 51.6. The highest BCUT2D eigenvalue weighted by Crippen LogP contribution is 2.40. The zero-order valence-electron chi connectivity index (χ0n) is 16.2. The minimum atomic E-state index is -4.52. The summed E-state index contributed by atoms with van der Waals surface area (Å²) in [6.07, 6.45) is -2.34. The van der Waals surface area contributed by atoms with E-state index in [4.69, 9.17) is 16.0 Å². The largest absolute Gasteiger partial charge is 0.490 e. The van der Waals surface area contributed by atoms with Crippen molar-refractivity contribution in [1.82, 2.24) is 15.0 Å². The molecule has 7 nitrogen and oxygen atoms in total. The molecule has 3 aromatic rings. The number of nitrogens with one attached hydrogen (secondary N) is 2. The molecule has 4 atom stereocenters. The molecular weight excluding hydrogens is 411 g/mol. The summed E-state index contributed by atoms with van der Waals surface area (Å²) in [6, 6.07) is 7.83. The summed E-state index contributed by atoms with van der Waals surface area (Å²) >= 11 is 0. The number of H-pyrrole nitrogens is 1. The minimum absolute atomic E-state index is 0.0923.